The molecule has 2 unspecified atom stereocenters. The summed E-state index contributed by atoms with van der Waals surface area (Å²) in [5.74, 6) is 0.413. The lowest BCUT2D eigenvalue weighted by atomic mass is 9.77. The molecular weight excluding hydrogens is 755 g/mol. The number of hydrogen-bond acceptors (Lipinski definition) is 2. The number of allylic oxidation sites excluding steroid dienone is 2. The highest BCUT2D eigenvalue weighted by Gasteiger charge is 2.25. The zero-order valence-electron chi connectivity index (χ0n) is 38.0. The first-order valence-corrected chi connectivity index (χ1v) is 22.7. The van der Waals surface area contributed by atoms with E-state index >= 15 is 0 Å². The number of rotatable bonds is 9. The largest absolute Gasteiger partial charge is 0.257 e. The summed E-state index contributed by atoms with van der Waals surface area (Å²) in [4.78, 5) is 4.74. The first-order valence-electron chi connectivity index (χ1n) is 21.9. The van der Waals surface area contributed by atoms with Crippen molar-refractivity contribution in [2.75, 3.05) is 0 Å². The molecule has 1 heterocycles. The number of thiophene rings is 1. The maximum Gasteiger partial charge on any atom is 0.0704 e. The molecule has 310 valence electrons. The van der Waals surface area contributed by atoms with Crippen LogP contribution in [-0.2, 0) is 0 Å². The predicted molar refractivity (Wildman–Crippen MR) is 273 cm³/mol. The third-order valence-electron chi connectivity index (χ3n) is 11.4. The van der Waals surface area contributed by atoms with Crippen molar-refractivity contribution in [3.05, 3.63) is 222 Å². The van der Waals surface area contributed by atoms with Crippen molar-refractivity contribution in [1.82, 2.24) is 0 Å². The number of nitrogens with zero attached hydrogens (tertiary/aromatic N) is 1. The van der Waals surface area contributed by atoms with Crippen LogP contribution in [0.2, 0.25) is 0 Å². The predicted octanol–water partition coefficient (Wildman–Crippen LogP) is 17.8. The minimum absolute atomic E-state index is 0.193. The van der Waals surface area contributed by atoms with Crippen LogP contribution in [0, 0.1) is 33.6 Å². The van der Waals surface area contributed by atoms with Gasteiger partial charge in [0.25, 0.3) is 0 Å². The minimum Gasteiger partial charge on any atom is -0.257 e. The average molecular weight is 818 g/mol. The molecule has 0 saturated heterocycles. The van der Waals surface area contributed by atoms with E-state index in [9.17, 15) is 0 Å². The van der Waals surface area contributed by atoms with Crippen LogP contribution >= 0.6 is 11.3 Å². The van der Waals surface area contributed by atoms with Crippen LogP contribution < -0.4 is 0 Å². The Morgan fingerprint density at radius 2 is 1.08 bits per heavy atom. The highest BCUT2D eigenvalue weighted by molar-refractivity contribution is 7.26. The normalized spacial score (nSPS) is 12.2. The number of aryl methyl sites for hydroxylation is 3. The molecule has 0 fully saturated rings. The first kappa shape index (κ1) is 46.0. The van der Waals surface area contributed by atoms with E-state index in [2.05, 4.69) is 194 Å². The van der Waals surface area contributed by atoms with Crippen LogP contribution in [0.5, 0.6) is 0 Å². The van der Waals surface area contributed by atoms with Gasteiger partial charge in [0.15, 0.2) is 0 Å². The first-order chi connectivity index (χ1) is 29.8. The zero-order chi connectivity index (χ0) is 43.9. The van der Waals surface area contributed by atoms with Crippen LogP contribution in [0.1, 0.15) is 86.4 Å². The van der Waals surface area contributed by atoms with Gasteiger partial charge in [-0.1, -0.05) is 211 Å². The smallest absolute Gasteiger partial charge is 0.0704 e. The fourth-order valence-electron chi connectivity index (χ4n) is 8.12. The van der Waals surface area contributed by atoms with Crippen molar-refractivity contribution in [2.24, 2.45) is 10.9 Å². The Morgan fingerprint density at radius 1 is 0.541 bits per heavy atom. The monoisotopic (exact) mass is 817 g/mol. The van der Waals surface area contributed by atoms with Crippen molar-refractivity contribution in [2.45, 2.75) is 75.2 Å². The molecule has 0 saturated carbocycles. The van der Waals surface area contributed by atoms with E-state index in [-0.39, 0.29) is 11.8 Å². The van der Waals surface area contributed by atoms with Gasteiger partial charge in [-0.2, -0.15) is 0 Å². The molecule has 0 N–H and O–H groups in total. The third-order valence-corrected chi connectivity index (χ3v) is 12.7. The Labute approximate surface area is 370 Å². The molecule has 2 atom stereocenters. The van der Waals surface area contributed by atoms with Crippen molar-refractivity contribution < 1.29 is 0 Å². The van der Waals surface area contributed by atoms with E-state index < -0.39 is 0 Å². The third kappa shape index (κ3) is 10.6. The Kier molecular flexibility index (Phi) is 17.0. The summed E-state index contributed by atoms with van der Waals surface area (Å²) < 4.78 is 2.72. The van der Waals surface area contributed by atoms with Crippen molar-refractivity contribution >= 4 is 42.8 Å². The molecule has 0 aliphatic rings. The highest BCUT2D eigenvalue weighted by Crippen LogP contribution is 2.45. The van der Waals surface area contributed by atoms with Gasteiger partial charge in [0.2, 0.25) is 0 Å². The molecule has 1 nitrogen and oxygen atoms in total. The van der Waals surface area contributed by atoms with E-state index in [0.717, 1.165) is 11.3 Å². The second kappa shape index (κ2) is 22.5. The quantitative estimate of drug-likeness (QED) is 0.129. The SMILES string of the molecule is C=CN=C(/C=C(/c1ccccc1)C(C)C(C)c1ccccc1-c1c(C)ccc(-c2ccc3c(sc4ccccc43)c2C)c1C)c1ccccc1.CC.CC.Cc1ccccc1. The molecule has 0 aliphatic carbocycles. The van der Waals surface area contributed by atoms with E-state index in [1.807, 2.05) is 63.3 Å². The second-order valence-electron chi connectivity index (χ2n) is 15.0. The Morgan fingerprint density at radius 3 is 1.70 bits per heavy atom. The zero-order valence-corrected chi connectivity index (χ0v) is 38.8. The van der Waals surface area contributed by atoms with Crippen molar-refractivity contribution in [1.29, 1.82) is 0 Å². The molecule has 0 radical (unpaired) electrons. The molecule has 1 aromatic heterocycles. The average Bonchev–Trinajstić information content (AvgIpc) is 3.70. The van der Waals surface area contributed by atoms with Gasteiger partial charge in [0, 0.05) is 31.9 Å². The van der Waals surface area contributed by atoms with Gasteiger partial charge in [-0.3, -0.25) is 4.99 Å². The van der Waals surface area contributed by atoms with Crippen LogP contribution in [0.3, 0.4) is 0 Å². The molecule has 2 heteroatoms. The molecular formula is C59H63NS. The number of hydrogen-bond donors (Lipinski definition) is 0. The fourth-order valence-corrected chi connectivity index (χ4v) is 9.33. The number of fused-ring (bicyclic) bond motifs is 3. The van der Waals surface area contributed by atoms with E-state index in [0.29, 0.717) is 0 Å². The second-order valence-corrected chi connectivity index (χ2v) is 16.0. The summed E-state index contributed by atoms with van der Waals surface area (Å²) in [7, 11) is 0. The summed E-state index contributed by atoms with van der Waals surface area (Å²) in [5, 5.41) is 2.69. The number of benzene rings is 7. The van der Waals surface area contributed by atoms with Gasteiger partial charge in [-0.15, -0.1) is 11.3 Å². The van der Waals surface area contributed by atoms with Gasteiger partial charge in [0.05, 0.1) is 5.71 Å². The van der Waals surface area contributed by atoms with E-state index in [4.69, 9.17) is 4.99 Å². The lowest BCUT2D eigenvalue weighted by molar-refractivity contribution is 0.608. The summed E-state index contributed by atoms with van der Waals surface area (Å²) in [5.41, 5.74) is 16.3. The minimum atomic E-state index is 0.193. The molecule has 0 amide bonds. The summed E-state index contributed by atoms with van der Waals surface area (Å²) in [6.07, 6.45) is 3.91. The van der Waals surface area contributed by atoms with Crippen molar-refractivity contribution in [3.8, 4) is 22.3 Å². The molecule has 7 aromatic carbocycles. The molecule has 0 bridgehead atoms. The Balaban J connectivity index is 0.000000569. The van der Waals surface area contributed by atoms with Gasteiger partial charge < -0.3 is 0 Å². The molecule has 61 heavy (non-hydrogen) atoms. The van der Waals surface area contributed by atoms with Crippen LogP contribution in [0.4, 0.5) is 0 Å². The van der Waals surface area contributed by atoms with Gasteiger partial charge in [0.1, 0.15) is 0 Å². The summed E-state index contributed by atoms with van der Waals surface area (Å²) in [6, 6.07) is 58.5. The number of aliphatic imine (C=N–C) groups is 1. The maximum atomic E-state index is 4.74. The van der Waals surface area contributed by atoms with Crippen LogP contribution in [0.15, 0.2) is 188 Å². The highest BCUT2D eigenvalue weighted by atomic mass is 32.1. The van der Waals surface area contributed by atoms with Gasteiger partial charge in [-0.05, 0) is 107 Å². The van der Waals surface area contributed by atoms with E-state index in [1.165, 1.54) is 81.4 Å². The summed E-state index contributed by atoms with van der Waals surface area (Å²) in [6.45, 7) is 25.6. The van der Waals surface area contributed by atoms with Crippen LogP contribution in [0.25, 0.3) is 48.0 Å². The summed E-state index contributed by atoms with van der Waals surface area (Å²) >= 11 is 1.90. The molecule has 8 rings (SSSR count). The van der Waals surface area contributed by atoms with E-state index in [1.54, 1.807) is 6.20 Å². The van der Waals surface area contributed by atoms with Crippen LogP contribution in [-0.4, -0.2) is 5.71 Å². The van der Waals surface area contributed by atoms with Gasteiger partial charge in [-0.25, -0.2) is 0 Å². The Bertz CT molecular complexity index is 2700. The lowest BCUT2D eigenvalue weighted by Crippen LogP contribution is -2.12. The maximum absolute atomic E-state index is 4.74. The topological polar surface area (TPSA) is 12.4 Å². The lowest BCUT2D eigenvalue weighted by Gasteiger charge is -2.27. The fraction of sp³-hybridized carbons (Fsp3) is 0.203. The molecule has 0 aliphatic heterocycles. The van der Waals surface area contributed by atoms with Crippen molar-refractivity contribution in [3.63, 3.8) is 0 Å². The standard InChI is InChI=1S/C48H43NS.C7H8.2C2H6/c1-7-49-45(37-20-12-9-13-21-37)30-44(36-18-10-8-11-19-36)33(4)32(3)38-22-14-15-24-42(38)47-31(2)26-27-39(34(47)5)40-28-29-43-41-23-16-17-25-46(41)50-48(43)35(40)6;1-7-5-3-2-4-6-7;2*1-2/h7-30,32-33H,1H2,2-6H3;2-6H,1H3;2*1-2H3/b44-30+,49-45?;;;. The Hall–Kier alpha value is -6.09. The molecule has 8 aromatic rings. The van der Waals surface area contributed by atoms with Gasteiger partial charge >= 0.3 is 0 Å². The molecule has 0 spiro atoms.